The van der Waals surface area contributed by atoms with Crippen LogP contribution in [0.1, 0.15) is 51.5 Å². The normalized spacial score (nSPS) is 13.0. The Morgan fingerprint density at radius 3 is 2.44 bits per heavy atom. The Balaban J connectivity index is 2.25. The zero-order valence-corrected chi connectivity index (χ0v) is 17.9. The molecule has 0 aliphatic rings. The van der Waals surface area contributed by atoms with Gasteiger partial charge in [-0.25, -0.2) is 0 Å². The molecule has 0 spiro atoms. The highest BCUT2D eigenvalue weighted by atomic mass is 32.2. The van der Waals surface area contributed by atoms with E-state index in [0.29, 0.717) is 6.54 Å². The lowest BCUT2D eigenvalue weighted by Crippen LogP contribution is -2.25. The molecule has 1 heterocycles. The Hall–Kier alpha value is -1.86. The van der Waals surface area contributed by atoms with E-state index in [-0.39, 0.29) is 17.8 Å². The van der Waals surface area contributed by atoms with Crippen LogP contribution in [-0.2, 0) is 16.1 Å². The topological polar surface area (TPSA) is 60.2 Å². The number of nitrogens with zero attached hydrogens (tertiary/aromatic N) is 4. The molecule has 0 bridgehead atoms. The molecule has 0 saturated heterocycles. The molecule has 6 nitrogen and oxygen atoms in total. The molecule has 0 saturated carbocycles. The fourth-order valence-corrected chi connectivity index (χ4v) is 3.56. The number of hydrogen-bond acceptors (Lipinski definition) is 6. The zero-order valence-electron chi connectivity index (χ0n) is 17.1. The van der Waals surface area contributed by atoms with Crippen LogP contribution in [0, 0.1) is 0 Å². The third kappa shape index (κ3) is 6.36. The van der Waals surface area contributed by atoms with E-state index in [2.05, 4.69) is 38.7 Å². The highest BCUT2D eigenvalue weighted by Gasteiger charge is 2.23. The Bertz CT molecular complexity index is 738. The van der Waals surface area contributed by atoms with Gasteiger partial charge in [0.1, 0.15) is 5.60 Å². The van der Waals surface area contributed by atoms with Crippen molar-refractivity contribution in [3.63, 3.8) is 0 Å². The van der Waals surface area contributed by atoms with Crippen molar-refractivity contribution in [3.8, 4) is 0 Å². The van der Waals surface area contributed by atoms with Gasteiger partial charge in [-0.15, -0.1) is 10.2 Å². The SMILES string of the molecule is CC[C@H](c1nnc(SCC(=O)OC(C)(C)C)n1Cc1ccccc1)N(C)C. The zero-order chi connectivity index (χ0) is 20.0. The van der Waals surface area contributed by atoms with E-state index < -0.39 is 5.60 Å². The summed E-state index contributed by atoms with van der Waals surface area (Å²) in [7, 11) is 4.09. The van der Waals surface area contributed by atoms with Crippen LogP contribution in [0.3, 0.4) is 0 Å². The van der Waals surface area contributed by atoms with Crippen molar-refractivity contribution in [2.75, 3.05) is 19.8 Å². The van der Waals surface area contributed by atoms with Crippen LogP contribution in [0.4, 0.5) is 0 Å². The highest BCUT2D eigenvalue weighted by Crippen LogP contribution is 2.26. The number of rotatable bonds is 8. The lowest BCUT2D eigenvalue weighted by atomic mass is 10.2. The van der Waals surface area contributed by atoms with Crippen molar-refractivity contribution in [1.29, 1.82) is 0 Å². The molecule has 27 heavy (non-hydrogen) atoms. The molecule has 0 unspecified atom stereocenters. The molecular weight excluding hydrogens is 360 g/mol. The average Bonchev–Trinajstić information content (AvgIpc) is 2.95. The first-order chi connectivity index (χ1) is 12.7. The van der Waals surface area contributed by atoms with Gasteiger partial charge in [-0.3, -0.25) is 9.69 Å². The molecule has 0 aliphatic heterocycles. The number of hydrogen-bond donors (Lipinski definition) is 0. The van der Waals surface area contributed by atoms with E-state index >= 15 is 0 Å². The van der Waals surface area contributed by atoms with Gasteiger partial charge >= 0.3 is 5.97 Å². The van der Waals surface area contributed by atoms with Gasteiger partial charge in [-0.1, -0.05) is 49.0 Å². The Labute approximate surface area is 166 Å². The number of aromatic nitrogens is 3. The molecule has 1 atom stereocenters. The summed E-state index contributed by atoms with van der Waals surface area (Å²) < 4.78 is 7.52. The molecule has 0 N–H and O–H groups in total. The molecule has 0 radical (unpaired) electrons. The van der Waals surface area contributed by atoms with E-state index in [1.165, 1.54) is 17.3 Å². The summed E-state index contributed by atoms with van der Waals surface area (Å²) in [6, 6.07) is 10.4. The van der Waals surface area contributed by atoms with Gasteiger partial charge < -0.3 is 9.30 Å². The van der Waals surface area contributed by atoms with Gasteiger partial charge in [0.2, 0.25) is 0 Å². The van der Waals surface area contributed by atoms with Gasteiger partial charge in [0.25, 0.3) is 0 Å². The summed E-state index contributed by atoms with van der Waals surface area (Å²) in [4.78, 5) is 14.2. The quantitative estimate of drug-likeness (QED) is 0.505. The van der Waals surface area contributed by atoms with Crippen molar-refractivity contribution < 1.29 is 9.53 Å². The first-order valence-electron chi connectivity index (χ1n) is 9.19. The van der Waals surface area contributed by atoms with E-state index in [4.69, 9.17) is 4.74 Å². The van der Waals surface area contributed by atoms with Crippen LogP contribution in [0.5, 0.6) is 0 Å². The number of benzene rings is 1. The predicted octanol–water partition coefficient (Wildman–Crippen LogP) is 3.77. The number of thioether (sulfide) groups is 1. The molecule has 0 amide bonds. The van der Waals surface area contributed by atoms with Gasteiger partial charge in [-0.05, 0) is 46.9 Å². The summed E-state index contributed by atoms with van der Waals surface area (Å²) in [5, 5.41) is 9.57. The predicted molar refractivity (Wildman–Crippen MR) is 109 cm³/mol. The number of ether oxygens (including phenoxy) is 1. The van der Waals surface area contributed by atoms with Crippen molar-refractivity contribution >= 4 is 17.7 Å². The van der Waals surface area contributed by atoms with Crippen LogP contribution >= 0.6 is 11.8 Å². The maximum Gasteiger partial charge on any atom is 0.316 e. The van der Waals surface area contributed by atoms with Crippen molar-refractivity contribution in [2.45, 2.75) is 57.5 Å². The second-order valence-corrected chi connectivity index (χ2v) is 8.62. The van der Waals surface area contributed by atoms with Crippen molar-refractivity contribution in [3.05, 3.63) is 41.7 Å². The average molecular weight is 391 g/mol. The van der Waals surface area contributed by atoms with Crippen molar-refractivity contribution in [1.82, 2.24) is 19.7 Å². The van der Waals surface area contributed by atoms with Crippen LogP contribution in [0.25, 0.3) is 0 Å². The lowest BCUT2D eigenvalue weighted by molar-refractivity contribution is -0.151. The first kappa shape index (κ1) is 21.4. The summed E-state index contributed by atoms with van der Waals surface area (Å²) in [5.41, 5.74) is 0.685. The second kappa shape index (κ2) is 9.37. The molecule has 0 fully saturated rings. The standard InChI is InChI=1S/C20H30N4O2S/c1-7-16(23(5)6)18-21-22-19(27-14-17(25)26-20(2,3)4)24(18)13-15-11-9-8-10-12-15/h8-12,16H,7,13-14H2,1-6H3/t16-/m1/s1. The van der Waals surface area contributed by atoms with Gasteiger partial charge in [0.05, 0.1) is 18.3 Å². The molecule has 7 heteroatoms. The van der Waals surface area contributed by atoms with Crippen LogP contribution in [-0.4, -0.2) is 51.1 Å². The van der Waals surface area contributed by atoms with Gasteiger partial charge in [0, 0.05) is 0 Å². The lowest BCUT2D eigenvalue weighted by Gasteiger charge is -2.23. The minimum absolute atomic E-state index is 0.164. The van der Waals surface area contributed by atoms with Crippen LogP contribution < -0.4 is 0 Å². The molecule has 148 valence electrons. The van der Waals surface area contributed by atoms with E-state index in [9.17, 15) is 4.79 Å². The minimum Gasteiger partial charge on any atom is -0.459 e. The van der Waals surface area contributed by atoms with Crippen LogP contribution in [0.2, 0.25) is 0 Å². The Morgan fingerprint density at radius 2 is 1.89 bits per heavy atom. The van der Waals surface area contributed by atoms with E-state index in [1.54, 1.807) is 0 Å². The summed E-state index contributed by atoms with van der Waals surface area (Å²) in [6.45, 7) is 8.42. The third-order valence-electron chi connectivity index (χ3n) is 3.98. The van der Waals surface area contributed by atoms with Gasteiger partial charge in [0.15, 0.2) is 11.0 Å². The third-order valence-corrected chi connectivity index (χ3v) is 4.92. The van der Waals surface area contributed by atoms with Crippen LogP contribution in [0.15, 0.2) is 35.5 Å². The second-order valence-electron chi connectivity index (χ2n) is 7.68. The molecule has 2 aromatic rings. The molecular formula is C20H30N4O2S. The molecule has 1 aromatic carbocycles. The molecule has 1 aromatic heterocycles. The maximum absolute atomic E-state index is 12.1. The smallest absolute Gasteiger partial charge is 0.316 e. The van der Waals surface area contributed by atoms with Gasteiger partial charge in [-0.2, -0.15) is 0 Å². The monoisotopic (exact) mass is 390 g/mol. The minimum atomic E-state index is -0.487. The highest BCUT2D eigenvalue weighted by molar-refractivity contribution is 7.99. The number of carbonyl (C=O) groups is 1. The van der Waals surface area contributed by atoms with Crippen molar-refractivity contribution in [2.24, 2.45) is 0 Å². The largest absolute Gasteiger partial charge is 0.459 e. The maximum atomic E-state index is 12.1. The summed E-state index contributed by atoms with van der Waals surface area (Å²) in [5.74, 6) is 0.879. The Morgan fingerprint density at radius 1 is 1.22 bits per heavy atom. The summed E-state index contributed by atoms with van der Waals surface area (Å²) >= 11 is 1.37. The first-order valence-corrected chi connectivity index (χ1v) is 10.2. The fourth-order valence-electron chi connectivity index (χ4n) is 2.84. The van der Waals surface area contributed by atoms with E-state index in [0.717, 1.165) is 17.4 Å². The number of carbonyl (C=O) groups excluding carboxylic acids is 1. The van der Waals surface area contributed by atoms with E-state index in [1.807, 2.05) is 53.1 Å². The molecule has 2 rings (SSSR count). The number of esters is 1. The molecule has 0 aliphatic carbocycles. The fraction of sp³-hybridized carbons (Fsp3) is 0.550. The Kier molecular flexibility index (Phi) is 7.44. The summed E-state index contributed by atoms with van der Waals surface area (Å²) in [6.07, 6.45) is 0.927.